The van der Waals surface area contributed by atoms with Gasteiger partial charge >= 0.3 is 0 Å². The SMILES string of the molecule is Cl.Cl.NC1CCN(CC(=O)Nc2ccc(Br)cn2)C1. The topological polar surface area (TPSA) is 71.2 Å². The van der Waals surface area contributed by atoms with Crippen LogP contribution in [0.3, 0.4) is 0 Å². The van der Waals surface area contributed by atoms with Crippen molar-refractivity contribution < 1.29 is 4.79 Å². The molecule has 1 unspecified atom stereocenters. The maximum Gasteiger partial charge on any atom is 0.239 e. The molecule has 1 aliphatic heterocycles. The van der Waals surface area contributed by atoms with Crippen molar-refractivity contribution in [1.29, 1.82) is 0 Å². The van der Waals surface area contributed by atoms with E-state index in [4.69, 9.17) is 5.73 Å². The molecule has 1 aliphatic rings. The van der Waals surface area contributed by atoms with Gasteiger partial charge in [0.05, 0.1) is 6.54 Å². The summed E-state index contributed by atoms with van der Waals surface area (Å²) in [6, 6.07) is 3.81. The summed E-state index contributed by atoms with van der Waals surface area (Å²) in [5.74, 6) is 0.524. The number of hydrogen-bond donors (Lipinski definition) is 2. The molecule has 0 spiro atoms. The molecule has 0 bridgehead atoms. The number of carbonyl (C=O) groups excluding carboxylic acids is 1. The van der Waals surface area contributed by atoms with Gasteiger partial charge in [-0.1, -0.05) is 0 Å². The highest BCUT2D eigenvalue weighted by molar-refractivity contribution is 9.10. The fourth-order valence-corrected chi connectivity index (χ4v) is 2.08. The van der Waals surface area contributed by atoms with Gasteiger partial charge in [0.15, 0.2) is 0 Å². The number of pyridine rings is 1. The van der Waals surface area contributed by atoms with Gasteiger partial charge in [-0.25, -0.2) is 4.98 Å². The van der Waals surface area contributed by atoms with Gasteiger partial charge in [0, 0.05) is 29.8 Å². The molecule has 1 saturated heterocycles. The van der Waals surface area contributed by atoms with E-state index in [2.05, 4.69) is 31.1 Å². The first kappa shape index (κ1) is 18.6. The minimum atomic E-state index is -0.0473. The zero-order chi connectivity index (χ0) is 12.3. The number of aromatic nitrogens is 1. The van der Waals surface area contributed by atoms with Crippen molar-refractivity contribution in [1.82, 2.24) is 9.88 Å². The average Bonchev–Trinajstić information content (AvgIpc) is 2.67. The van der Waals surface area contributed by atoms with Crippen LogP contribution in [0.1, 0.15) is 6.42 Å². The van der Waals surface area contributed by atoms with Crippen LogP contribution >= 0.6 is 40.7 Å². The molecule has 1 aromatic rings. The van der Waals surface area contributed by atoms with Gasteiger partial charge in [0.2, 0.25) is 5.91 Å². The fourth-order valence-electron chi connectivity index (χ4n) is 1.84. The van der Waals surface area contributed by atoms with Crippen molar-refractivity contribution in [3.8, 4) is 0 Å². The monoisotopic (exact) mass is 370 g/mol. The second-order valence-corrected chi connectivity index (χ2v) is 5.11. The molecule has 1 atom stereocenters. The Hall–Kier alpha value is -0.400. The van der Waals surface area contributed by atoms with Crippen LogP contribution in [-0.2, 0) is 4.79 Å². The Kier molecular flexibility index (Phi) is 8.52. The Morgan fingerprint density at radius 2 is 2.26 bits per heavy atom. The Bertz CT molecular complexity index is 404. The summed E-state index contributed by atoms with van der Waals surface area (Å²) in [5.41, 5.74) is 5.78. The first-order chi connectivity index (χ1) is 8.13. The van der Waals surface area contributed by atoms with E-state index < -0.39 is 0 Å². The van der Waals surface area contributed by atoms with Gasteiger partial charge in [0.1, 0.15) is 5.82 Å². The smallest absolute Gasteiger partial charge is 0.239 e. The molecule has 5 nitrogen and oxygen atoms in total. The Morgan fingerprint density at radius 3 is 2.79 bits per heavy atom. The second kappa shape index (κ2) is 8.71. The van der Waals surface area contributed by atoms with Crippen LogP contribution in [-0.4, -0.2) is 41.5 Å². The number of nitrogens with one attached hydrogen (secondary N) is 1. The molecule has 1 fully saturated rings. The third-order valence-corrected chi connectivity index (χ3v) is 3.14. The number of anilines is 1. The van der Waals surface area contributed by atoms with E-state index in [0.717, 1.165) is 24.0 Å². The first-order valence-corrected chi connectivity index (χ1v) is 6.32. The van der Waals surface area contributed by atoms with E-state index in [0.29, 0.717) is 12.4 Å². The fraction of sp³-hybridized carbons (Fsp3) is 0.455. The largest absolute Gasteiger partial charge is 0.326 e. The van der Waals surface area contributed by atoms with E-state index in [9.17, 15) is 4.79 Å². The lowest BCUT2D eigenvalue weighted by Gasteiger charge is -2.14. The molecule has 19 heavy (non-hydrogen) atoms. The molecular formula is C11H17BrCl2N4O. The van der Waals surface area contributed by atoms with Crippen molar-refractivity contribution in [3.63, 3.8) is 0 Å². The van der Waals surface area contributed by atoms with Crippen LogP contribution in [0.5, 0.6) is 0 Å². The van der Waals surface area contributed by atoms with Crippen molar-refractivity contribution >= 4 is 52.5 Å². The molecule has 2 heterocycles. The van der Waals surface area contributed by atoms with E-state index in [-0.39, 0.29) is 36.8 Å². The van der Waals surface area contributed by atoms with E-state index in [1.807, 2.05) is 6.07 Å². The molecule has 108 valence electrons. The van der Waals surface area contributed by atoms with Gasteiger partial charge in [-0.15, -0.1) is 24.8 Å². The van der Waals surface area contributed by atoms with Gasteiger partial charge in [-0.05, 0) is 34.5 Å². The van der Waals surface area contributed by atoms with Gasteiger partial charge in [0.25, 0.3) is 0 Å². The van der Waals surface area contributed by atoms with Crippen LogP contribution in [0, 0.1) is 0 Å². The molecule has 8 heteroatoms. The Balaban J connectivity index is 0.00000162. The van der Waals surface area contributed by atoms with Crippen LogP contribution in [0.15, 0.2) is 22.8 Å². The quantitative estimate of drug-likeness (QED) is 0.847. The van der Waals surface area contributed by atoms with Gasteiger partial charge in [-0.2, -0.15) is 0 Å². The summed E-state index contributed by atoms with van der Waals surface area (Å²) in [7, 11) is 0. The maximum absolute atomic E-state index is 11.7. The number of nitrogens with zero attached hydrogens (tertiary/aromatic N) is 2. The average molecular weight is 372 g/mol. The normalized spacial score (nSPS) is 18.3. The van der Waals surface area contributed by atoms with Crippen molar-refractivity contribution in [3.05, 3.63) is 22.8 Å². The summed E-state index contributed by atoms with van der Waals surface area (Å²) in [4.78, 5) is 17.9. The third-order valence-electron chi connectivity index (χ3n) is 2.67. The zero-order valence-corrected chi connectivity index (χ0v) is 13.4. The molecule has 0 saturated carbocycles. The summed E-state index contributed by atoms with van der Waals surface area (Å²) in [6.07, 6.45) is 2.62. The number of amides is 1. The van der Waals surface area contributed by atoms with E-state index in [1.54, 1.807) is 12.3 Å². The molecule has 0 radical (unpaired) electrons. The molecule has 2 rings (SSSR count). The maximum atomic E-state index is 11.7. The van der Waals surface area contributed by atoms with Crippen molar-refractivity contribution in [2.75, 3.05) is 25.0 Å². The van der Waals surface area contributed by atoms with Crippen LogP contribution < -0.4 is 11.1 Å². The summed E-state index contributed by atoms with van der Waals surface area (Å²) in [5, 5.41) is 2.76. The first-order valence-electron chi connectivity index (χ1n) is 5.53. The zero-order valence-electron chi connectivity index (χ0n) is 10.2. The van der Waals surface area contributed by atoms with Crippen LogP contribution in [0.4, 0.5) is 5.82 Å². The van der Waals surface area contributed by atoms with Crippen LogP contribution in [0.2, 0.25) is 0 Å². The lowest BCUT2D eigenvalue weighted by Crippen LogP contribution is -2.33. The third kappa shape index (κ3) is 6.05. The van der Waals surface area contributed by atoms with Crippen LogP contribution in [0.25, 0.3) is 0 Å². The predicted octanol–water partition coefficient (Wildman–Crippen LogP) is 1.66. The number of halogens is 3. The summed E-state index contributed by atoms with van der Waals surface area (Å²) in [6.45, 7) is 2.06. The van der Waals surface area contributed by atoms with Gasteiger partial charge in [-0.3, -0.25) is 9.69 Å². The van der Waals surface area contributed by atoms with E-state index in [1.165, 1.54) is 0 Å². The number of nitrogens with two attached hydrogens (primary N) is 1. The number of likely N-dealkylation sites (tertiary alicyclic amines) is 1. The predicted molar refractivity (Wildman–Crippen MR) is 84.1 cm³/mol. The second-order valence-electron chi connectivity index (χ2n) is 4.19. The van der Waals surface area contributed by atoms with Gasteiger partial charge < -0.3 is 11.1 Å². The molecule has 0 aliphatic carbocycles. The molecule has 0 aromatic carbocycles. The Labute approximate surface area is 133 Å². The lowest BCUT2D eigenvalue weighted by atomic mass is 10.3. The number of rotatable bonds is 3. The number of hydrogen-bond acceptors (Lipinski definition) is 4. The standard InChI is InChI=1S/C11H15BrN4O.2ClH/c12-8-1-2-10(14-5-8)15-11(17)7-16-4-3-9(13)6-16;;/h1-2,5,9H,3-4,6-7,13H2,(H,14,15,17);2*1H. The van der Waals surface area contributed by atoms with Crippen molar-refractivity contribution in [2.45, 2.75) is 12.5 Å². The number of carbonyl (C=O) groups is 1. The molecule has 3 N–H and O–H groups in total. The molecular weight excluding hydrogens is 355 g/mol. The minimum Gasteiger partial charge on any atom is -0.326 e. The highest BCUT2D eigenvalue weighted by Gasteiger charge is 2.20. The lowest BCUT2D eigenvalue weighted by molar-refractivity contribution is -0.117. The Morgan fingerprint density at radius 1 is 1.53 bits per heavy atom. The summed E-state index contributed by atoms with van der Waals surface area (Å²) < 4.78 is 0.890. The molecule has 1 aromatic heterocycles. The highest BCUT2D eigenvalue weighted by Crippen LogP contribution is 2.11. The molecule has 1 amide bonds. The minimum absolute atomic E-state index is 0. The van der Waals surface area contributed by atoms with E-state index >= 15 is 0 Å². The highest BCUT2D eigenvalue weighted by atomic mass is 79.9. The summed E-state index contributed by atoms with van der Waals surface area (Å²) >= 11 is 3.29. The van der Waals surface area contributed by atoms with Crippen molar-refractivity contribution in [2.24, 2.45) is 5.73 Å².